The number of fused-ring (bicyclic) bond motifs is 1. The standard InChI is InChI=1S/C16H17F3N2O3/c1-22-11-3-4-12(23-2)15-14(11)10(21-5-7-24-8-6-21)9-13(20-15)16(17,18)19/h3-4,9H,5-8H2,1-2H3. The summed E-state index contributed by atoms with van der Waals surface area (Å²) in [5.41, 5.74) is -0.400. The van der Waals surface area contributed by atoms with E-state index in [0.717, 1.165) is 6.07 Å². The molecule has 1 aromatic heterocycles. The molecule has 1 fully saturated rings. The number of alkyl halides is 3. The van der Waals surface area contributed by atoms with Gasteiger partial charge in [-0.15, -0.1) is 0 Å². The maximum absolute atomic E-state index is 13.3. The molecule has 5 nitrogen and oxygen atoms in total. The molecule has 0 N–H and O–H groups in total. The van der Waals surface area contributed by atoms with Crippen LogP contribution in [-0.4, -0.2) is 45.5 Å². The van der Waals surface area contributed by atoms with Crippen LogP contribution in [-0.2, 0) is 10.9 Å². The molecule has 1 aliphatic heterocycles. The Morgan fingerprint density at radius 1 is 1.08 bits per heavy atom. The fourth-order valence-electron chi connectivity index (χ4n) is 2.80. The predicted molar refractivity (Wildman–Crippen MR) is 82.9 cm³/mol. The predicted octanol–water partition coefficient (Wildman–Crippen LogP) is 3.11. The minimum absolute atomic E-state index is 0.133. The first-order valence-corrected chi connectivity index (χ1v) is 7.41. The number of benzene rings is 1. The molecule has 1 saturated heterocycles. The van der Waals surface area contributed by atoms with Gasteiger partial charge in [0.2, 0.25) is 0 Å². The summed E-state index contributed by atoms with van der Waals surface area (Å²) in [4.78, 5) is 5.65. The molecule has 3 rings (SSSR count). The highest BCUT2D eigenvalue weighted by Crippen LogP contribution is 2.42. The van der Waals surface area contributed by atoms with Crippen LogP contribution in [0.25, 0.3) is 10.9 Å². The zero-order valence-corrected chi connectivity index (χ0v) is 13.3. The normalized spacial score (nSPS) is 15.6. The van der Waals surface area contributed by atoms with Gasteiger partial charge in [-0.3, -0.25) is 0 Å². The maximum Gasteiger partial charge on any atom is 0.433 e. The van der Waals surface area contributed by atoms with E-state index in [-0.39, 0.29) is 11.3 Å². The van der Waals surface area contributed by atoms with Gasteiger partial charge in [-0.25, -0.2) is 4.98 Å². The molecule has 0 spiro atoms. The summed E-state index contributed by atoms with van der Waals surface area (Å²) in [5, 5.41) is 0.506. The van der Waals surface area contributed by atoms with E-state index >= 15 is 0 Å². The third kappa shape index (κ3) is 2.93. The number of hydrogen-bond acceptors (Lipinski definition) is 5. The molecule has 2 heterocycles. The highest BCUT2D eigenvalue weighted by molar-refractivity contribution is 6.00. The van der Waals surface area contributed by atoms with Crippen LogP contribution in [0, 0.1) is 0 Å². The zero-order valence-electron chi connectivity index (χ0n) is 13.3. The molecule has 0 aliphatic carbocycles. The van der Waals surface area contributed by atoms with Crippen molar-refractivity contribution in [3.63, 3.8) is 0 Å². The summed E-state index contributed by atoms with van der Waals surface area (Å²) < 4.78 is 55.8. The largest absolute Gasteiger partial charge is 0.496 e. The molecule has 0 amide bonds. The van der Waals surface area contributed by atoms with Crippen molar-refractivity contribution in [2.75, 3.05) is 45.4 Å². The van der Waals surface area contributed by atoms with Crippen molar-refractivity contribution in [2.24, 2.45) is 0 Å². The molecular formula is C16H17F3N2O3. The molecule has 0 unspecified atom stereocenters. The smallest absolute Gasteiger partial charge is 0.433 e. The van der Waals surface area contributed by atoms with E-state index in [2.05, 4.69) is 4.98 Å². The average Bonchev–Trinajstić information content (AvgIpc) is 2.59. The van der Waals surface area contributed by atoms with Crippen LogP contribution in [0.2, 0.25) is 0 Å². The Morgan fingerprint density at radius 2 is 1.71 bits per heavy atom. The summed E-state index contributed by atoms with van der Waals surface area (Å²) in [7, 11) is 2.87. The van der Waals surface area contributed by atoms with Gasteiger partial charge < -0.3 is 19.1 Å². The van der Waals surface area contributed by atoms with Crippen LogP contribution in [0.1, 0.15) is 5.69 Å². The number of rotatable bonds is 3. The summed E-state index contributed by atoms with van der Waals surface area (Å²) in [6.45, 7) is 1.91. The van der Waals surface area contributed by atoms with E-state index in [1.165, 1.54) is 14.2 Å². The molecule has 0 saturated carbocycles. The van der Waals surface area contributed by atoms with E-state index in [1.54, 1.807) is 12.1 Å². The van der Waals surface area contributed by atoms with Crippen LogP contribution in [0.5, 0.6) is 11.5 Å². The Hall–Kier alpha value is -2.22. The van der Waals surface area contributed by atoms with Crippen LogP contribution >= 0.6 is 0 Å². The van der Waals surface area contributed by atoms with Gasteiger partial charge in [0.05, 0.1) is 38.5 Å². The van der Waals surface area contributed by atoms with Crippen molar-refractivity contribution in [3.05, 3.63) is 23.9 Å². The number of nitrogens with zero attached hydrogens (tertiary/aromatic N) is 2. The summed E-state index contributed by atoms with van der Waals surface area (Å²) in [5.74, 6) is 0.722. The number of ether oxygens (including phenoxy) is 3. The Bertz CT molecular complexity index is 743. The second-order valence-electron chi connectivity index (χ2n) is 5.32. The first-order chi connectivity index (χ1) is 11.5. The SMILES string of the molecule is COc1ccc(OC)c2c(N3CCOCC3)cc(C(F)(F)F)nc12. The molecular weight excluding hydrogens is 325 g/mol. The van der Waals surface area contributed by atoms with Crippen molar-refractivity contribution >= 4 is 16.6 Å². The quantitative estimate of drug-likeness (QED) is 0.858. The Balaban J connectivity index is 2.32. The number of methoxy groups -OCH3 is 2. The Morgan fingerprint density at radius 3 is 2.29 bits per heavy atom. The number of pyridine rings is 1. The zero-order chi connectivity index (χ0) is 17.3. The minimum atomic E-state index is -4.55. The lowest BCUT2D eigenvalue weighted by Gasteiger charge is -2.30. The number of hydrogen-bond donors (Lipinski definition) is 0. The Labute approximate surface area is 136 Å². The molecule has 2 aromatic rings. The molecule has 24 heavy (non-hydrogen) atoms. The second-order valence-corrected chi connectivity index (χ2v) is 5.32. The van der Waals surface area contributed by atoms with Gasteiger partial charge in [0.1, 0.15) is 22.7 Å². The molecule has 130 valence electrons. The van der Waals surface area contributed by atoms with E-state index in [1.807, 2.05) is 4.90 Å². The minimum Gasteiger partial charge on any atom is -0.496 e. The summed E-state index contributed by atoms with van der Waals surface area (Å²) >= 11 is 0. The molecule has 0 atom stereocenters. The van der Waals surface area contributed by atoms with Crippen molar-refractivity contribution in [2.45, 2.75) is 6.18 Å². The number of aromatic nitrogens is 1. The fourth-order valence-corrected chi connectivity index (χ4v) is 2.80. The highest BCUT2D eigenvalue weighted by Gasteiger charge is 2.35. The van der Waals surface area contributed by atoms with Gasteiger partial charge >= 0.3 is 6.18 Å². The first-order valence-electron chi connectivity index (χ1n) is 7.41. The highest BCUT2D eigenvalue weighted by atomic mass is 19.4. The number of anilines is 1. The molecule has 1 aromatic carbocycles. The molecule has 8 heteroatoms. The summed E-state index contributed by atoms with van der Waals surface area (Å²) in [6, 6.07) is 4.28. The lowest BCUT2D eigenvalue weighted by Crippen LogP contribution is -2.36. The van der Waals surface area contributed by atoms with Crippen molar-refractivity contribution < 1.29 is 27.4 Å². The summed E-state index contributed by atoms with van der Waals surface area (Å²) in [6.07, 6.45) is -4.55. The number of halogens is 3. The van der Waals surface area contributed by atoms with Crippen LogP contribution in [0.3, 0.4) is 0 Å². The Kier molecular flexibility index (Phi) is 4.40. The van der Waals surface area contributed by atoms with Gasteiger partial charge in [-0.2, -0.15) is 13.2 Å². The first kappa shape index (κ1) is 16.6. The van der Waals surface area contributed by atoms with Crippen LogP contribution in [0.15, 0.2) is 18.2 Å². The van der Waals surface area contributed by atoms with E-state index in [4.69, 9.17) is 14.2 Å². The average molecular weight is 342 g/mol. The van der Waals surface area contributed by atoms with Crippen molar-refractivity contribution in [1.29, 1.82) is 0 Å². The topological polar surface area (TPSA) is 43.8 Å². The monoisotopic (exact) mass is 342 g/mol. The third-order valence-electron chi connectivity index (χ3n) is 3.95. The van der Waals surface area contributed by atoms with Gasteiger partial charge in [-0.1, -0.05) is 0 Å². The van der Waals surface area contributed by atoms with Gasteiger partial charge in [0, 0.05) is 13.1 Å². The molecule has 0 bridgehead atoms. The van der Waals surface area contributed by atoms with E-state index < -0.39 is 11.9 Å². The van der Waals surface area contributed by atoms with Gasteiger partial charge in [-0.05, 0) is 18.2 Å². The lowest BCUT2D eigenvalue weighted by atomic mass is 10.1. The van der Waals surface area contributed by atoms with E-state index in [0.29, 0.717) is 43.1 Å². The van der Waals surface area contributed by atoms with E-state index in [9.17, 15) is 13.2 Å². The number of morpholine rings is 1. The van der Waals surface area contributed by atoms with Crippen molar-refractivity contribution in [1.82, 2.24) is 4.98 Å². The van der Waals surface area contributed by atoms with Crippen LogP contribution < -0.4 is 14.4 Å². The maximum atomic E-state index is 13.3. The second kappa shape index (κ2) is 6.35. The van der Waals surface area contributed by atoms with Crippen molar-refractivity contribution in [3.8, 4) is 11.5 Å². The third-order valence-corrected chi connectivity index (χ3v) is 3.95. The van der Waals surface area contributed by atoms with Gasteiger partial charge in [0.15, 0.2) is 0 Å². The lowest BCUT2D eigenvalue weighted by molar-refractivity contribution is -0.140. The fraction of sp³-hybridized carbons (Fsp3) is 0.438. The molecule has 0 radical (unpaired) electrons. The van der Waals surface area contributed by atoms with Crippen LogP contribution in [0.4, 0.5) is 18.9 Å². The molecule has 1 aliphatic rings. The van der Waals surface area contributed by atoms with Gasteiger partial charge in [0.25, 0.3) is 0 Å².